The molecule has 1 N–H and O–H groups in total. The Morgan fingerprint density at radius 3 is 2.43 bits per heavy atom. The Morgan fingerprint density at radius 1 is 1.07 bits per heavy atom. The van der Waals surface area contributed by atoms with Gasteiger partial charge in [-0.3, -0.25) is 9.80 Å². The fraction of sp³-hybridized carbons (Fsp3) is 0.696. The molecule has 1 heterocycles. The lowest BCUT2D eigenvalue weighted by atomic mass is 10.0. The minimum absolute atomic E-state index is 0.0995. The van der Waals surface area contributed by atoms with Crippen LogP contribution in [0.2, 0.25) is 0 Å². The molecule has 0 spiro atoms. The summed E-state index contributed by atoms with van der Waals surface area (Å²) in [7, 11) is 0. The van der Waals surface area contributed by atoms with Crippen LogP contribution in [0.3, 0.4) is 0 Å². The molecule has 1 atom stereocenters. The van der Waals surface area contributed by atoms with Gasteiger partial charge in [0, 0.05) is 45.3 Å². The zero-order chi connectivity index (χ0) is 20.4. The zero-order valence-electron chi connectivity index (χ0n) is 18.4. The summed E-state index contributed by atoms with van der Waals surface area (Å²) in [4.78, 5) is 19.7. The number of hydrogen-bond donors (Lipinski definition) is 1. The molecule has 158 valence electrons. The molecule has 2 amide bonds. The Labute approximate surface area is 172 Å². The van der Waals surface area contributed by atoms with E-state index in [1.54, 1.807) is 0 Å². The van der Waals surface area contributed by atoms with E-state index in [0.717, 1.165) is 65.2 Å². The molecule has 0 bridgehead atoms. The fourth-order valence-electron chi connectivity index (χ4n) is 4.14. The van der Waals surface area contributed by atoms with Gasteiger partial charge in [-0.1, -0.05) is 58.0 Å². The molecule has 1 aliphatic rings. The second-order valence-corrected chi connectivity index (χ2v) is 8.29. The number of carbonyl (C=O) groups is 1. The van der Waals surface area contributed by atoms with E-state index in [0.29, 0.717) is 12.0 Å². The molecule has 5 nitrogen and oxygen atoms in total. The third-order valence-corrected chi connectivity index (χ3v) is 5.69. The van der Waals surface area contributed by atoms with Crippen LogP contribution in [0, 0.1) is 5.92 Å². The molecule has 5 heteroatoms. The van der Waals surface area contributed by atoms with Gasteiger partial charge in [-0.15, -0.1) is 0 Å². The van der Waals surface area contributed by atoms with Crippen molar-refractivity contribution in [1.82, 2.24) is 20.0 Å². The van der Waals surface area contributed by atoms with Crippen molar-refractivity contribution in [2.75, 3.05) is 45.8 Å². The Hall–Kier alpha value is -1.59. The van der Waals surface area contributed by atoms with Crippen LogP contribution in [-0.4, -0.2) is 72.6 Å². The van der Waals surface area contributed by atoms with E-state index in [1.165, 1.54) is 5.56 Å². The van der Waals surface area contributed by atoms with Crippen molar-refractivity contribution < 1.29 is 4.79 Å². The molecule has 1 aromatic rings. The molecule has 1 saturated heterocycles. The molecule has 0 aromatic heterocycles. The van der Waals surface area contributed by atoms with Gasteiger partial charge in [0.25, 0.3) is 0 Å². The lowest BCUT2D eigenvalue weighted by Crippen LogP contribution is -2.48. The summed E-state index contributed by atoms with van der Waals surface area (Å²) in [5.74, 6) is 0.632. The Morgan fingerprint density at radius 2 is 1.79 bits per heavy atom. The molecule has 0 aliphatic carbocycles. The normalized spacial score (nSPS) is 17.0. The summed E-state index contributed by atoms with van der Waals surface area (Å²) in [6.45, 7) is 16.3. The van der Waals surface area contributed by atoms with Crippen molar-refractivity contribution in [3.8, 4) is 0 Å². The first kappa shape index (κ1) is 22.7. The average Bonchev–Trinajstić information content (AvgIpc) is 2.92. The second-order valence-electron chi connectivity index (χ2n) is 8.29. The van der Waals surface area contributed by atoms with Gasteiger partial charge in [-0.25, -0.2) is 4.79 Å². The monoisotopic (exact) mass is 388 g/mol. The Bertz CT molecular complexity index is 559. The predicted octanol–water partition coefficient (Wildman–Crippen LogP) is 3.66. The van der Waals surface area contributed by atoms with Gasteiger partial charge < -0.3 is 10.2 Å². The zero-order valence-corrected chi connectivity index (χ0v) is 18.4. The molecule has 0 radical (unpaired) electrons. The predicted molar refractivity (Wildman–Crippen MR) is 117 cm³/mol. The maximum Gasteiger partial charge on any atom is 0.317 e. The van der Waals surface area contributed by atoms with Crippen molar-refractivity contribution in [3.05, 3.63) is 35.9 Å². The van der Waals surface area contributed by atoms with Gasteiger partial charge in [-0.05, 0) is 37.4 Å². The molecule has 2 rings (SSSR count). The van der Waals surface area contributed by atoms with Gasteiger partial charge in [0.1, 0.15) is 0 Å². The third kappa shape index (κ3) is 7.44. The van der Waals surface area contributed by atoms with Crippen LogP contribution in [0.5, 0.6) is 0 Å². The van der Waals surface area contributed by atoms with Gasteiger partial charge in [0.05, 0.1) is 0 Å². The number of hydrogen-bond acceptors (Lipinski definition) is 3. The quantitative estimate of drug-likeness (QED) is 0.702. The number of rotatable bonds is 9. The molecular weight excluding hydrogens is 348 g/mol. The highest BCUT2D eigenvalue weighted by Crippen LogP contribution is 2.12. The van der Waals surface area contributed by atoms with Crippen LogP contribution in [-0.2, 0) is 6.54 Å². The van der Waals surface area contributed by atoms with Gasteiger partial charge in [0.2, 0.25) is 0 Å². The highest BCUT2D eigenvalue weighted by Gasteiger charge is 2.22. The summed E-state index contributed by atoms with van der Waals surface area (Å²) in [5, 5.41) is 3.23. The highest BCUT2D eigenvalue weighted by atomic mass is 16.2. The van der Waals surface area contributed by atoms with E-state index in [-0.39, 0.29) is 6.03 Å². The Kier molecular flexibility index (Phi) is 9.79. The molecule has 1 fully saturated rings. The molecule has 1 unspecified atom stereocenters. The summed E-state index contributed by atoms with van der Waals surface area (Å²) < 4.78 is 0. The average molecular weight is 389 g/mol. The minimum Gasteiger partial charge on any atom is -0.336 e. The molecule has 1 aliphatic heterocycles. The maximum atomic E-state index is 12.8. The first-order valence-corrected chi connectivity index (χ1v) is 11.1. The van der Waals surface area contributed by atoms with Crippen molar-refractivity contribution in [1.29, 1.82) is 0 Å². The largest absolute Gasteiger partial charge is 0.336 e. The fourth-order valence-corrected chi connectivity index (χ4v) is 4.14. The van der Waals surface area contributed by atoms with E-state index in [9.17, 15) is 4.79 Å². The molecule has 28 heavy (non-hydrogen) atoms. The van der Waals surface area contributed by atoms with Crippen LogP contribution in [0.15, 0.2) is 30.3 Å². The Balaban J connectivity index is 1.83. The van der Waals surface area contributed by atoms with Crippen LogP contribution in [0.4, 0.5) is 4.79 Å². The summed E-state index contributed by atoms with van der Waals surface area (Å²) in [6.07, 6.45) is 2.15. The standard InChI is InChI=1S/C23H40N4O/c1-5-26(6-2)22(17-20(3)4)18-24-23(28)27-14-10-13-25(15-16-27)19-21-11-8-7-9-12-21/h7-9,11-12,20,22H,5-6,10,13-19H2,1-4H3,(H,24,28). The van der Waals surface area contributed by atoms with E-state index >= 15 is 0 Å². The number of likely N-dealkylation sites (N-methyl/N-ethyl adjacent to an activating group) is 1. The van der Waals surface area contributed by atoms with Crippen molar-refractivity contribution in [3.63, 3.8) is 0 Å². The van der Waals surface area contributed by atoms with Gasteiger partial charge in [-0.2, -0.15) is 0 Å². The van der Waals surface area contributed by atoms with Crippen molar-refractivity contribution >= 4 is 6.03 Å². The van der Waals surface area contributed by atoms with Crippen LogP contribution in [0.25, 0.3) is 0 Å². The van der Waals surface area contributed by atoms with Crippen molar-refractivity contribution in [2.45, 2.75) is 53.1 Å². The first-order valence-electron chi connectivity index (χ1n) is 11.1. The van der Waals surface area contributed by atoms with Crippen LogP contribution >= 0.6 is 0 Å². The number of benzene rings is 1. The molecule has 0 saturated carbocycles. The number of nitrogens with zero attached hydrogens (tertiary/aromatic N) is 3. The lowest BCUT2D eigenvalue weighted by molar-refractivity contribution is 0.171. The first-order chi connectivity index (χ1) is 13.5. The minimum atomic E-state index is 0.0995. The van der Waals surface area contributed by atoms with E-state index in [2.05, 4.69) is 73.1 Å². The third-order valence-electron chi connectivity index (χ3n) is 5.69. The van der Waals surface area contributed by atoms with Crippen LogP contribution < -0.4 is 5.32 Å². The second kappa shape index (κ2) is 12.1. The number of carbonyl (C=O) groups excluding carboxylic acids is 1. The summed E-state index contributed by atoms with van der Waals surface area (Å²) in [5.41, 5.74) is 1.34. The number of urea groups is 1. The molecular formula is C23H40N4O. The topological polar surface area (TPSA) is 38.8 Å². The number of amides is 2. The van der Waals surface area contributed by atoms with E-state index in [4.69, 9.17) is 0 Å². The SMILES string of the molecule is CCN(CC)C(CNC(=O)N1CCCN(Cc2ccccc2)CC1)CC(C)C. The molecule has 1 aromatic carbocycles. The number of nitrogens with one attached hydrogen (secondary N) is 1. The highest BCUT2D eigenvalue weighted by molar-refractivity contribution is 5.74. The van der Waals surface area contributed by atoms with Gasteiger partial charge in [0.15, 0.2) is 0 Å². The van der Waals surface area contributed by atoms with Gasteiger partial charge >= 0.3 is 6.03 Å². The smallest absolute Gasteiger partial charge is 0.317 e. The van der Waals surface area contributed by atoms with Crippen molar-refractivity contribution in [2.24, 2.45) is 5.92 Å². The van der Waals surface area contributed by atoms with Crippen LogP contribution in [0.1, 0.15) is 46.1 Å². The summed E-state index contributed by atoms with van der Waals surface area (Å²) in [6, 6.07) is 11.1. The summed E-state index contributed by atoms with van der Waals surface area (Å²) >= 11 is 0. The maximum absolute atomic E-state index is 12.8. The van der Waals surface area contributed by atoms with E-state index in [1.807, 2.05) is 4.90 Å². The lowest BCUT2D eigenvalue weighted by Gasteiger charge is -2.32. The van der Waals surface area contributed by atoms with E-state index < -0.39 is 0 Å².